The maximum Gasteiger partial charge on any atom is 0.417 e. The average molecular weight is 439 g/mol. The van der Waals surface area contributed by atoms with Crippen molar-refractivity contribution in [1.82, 2.24) is 4.90 Å². The smallest absolute Gasteiger partial charge is 0.335 e. The Morgan fingerprint density at radius 2 is 1.85 bits per heavy atom. The van der Waals surface area contributed by atoms with Crippen molar-refractivity contribution in [2.24, 2.45) is 4.99 Å². The summed E-state index contributed by atoms with van der Waals surface area (Å²) in [5.41, 5.74) is 0.329. The molecule has 0 saturated heterocycles. The lowest BCUT2D eigenvalue weighted by molar-refractivity contribution is -0.0890. The highest BCUT2D eigenvalue weighted by atomic mass is 32.2. The Bertz CT molecular complexity index is 892. The number of benzene rings is 1. The molecule has 2 heterocycles. The van der Waals surface area contributed by atoms with E-state index in [1.54, 1.807) is 19.2 Å². The number of likely N-dealkylation sites (N-methyl/N-ethyl adjacent to an activating group) is 1. The summed E-state index contributed by atoms with van der Waals surface area (Å²) < 4.78 is 67.2. The van der Waals surface area contributed by atoms with Crippen molar-refractivity contribution in [2.75, 3.05) is 13.3 Å². The predicted octanol–water partition coefficient (Wildman–Crippen LogP) is 4.30. The average Bonchev–Trinajstić information content (AvgIpc) is 2.98. The van der Waals surface area contributed by atoms with Gasteiger partial charge in [0.2, 0.25) is 0 Å². The van der Waals surface area contributed by atoms with Gasteiger partial charge in [0.15, 0.2) is 0 Å². The van der Waals surface area contributed by atoms with Gasteiger partial charge in [-0.1, -0.05) is 29.5 Å². The van der Waals surface area contributed by atoms with Crippen molar-refractivity contribution in [3.05, 3.63) is 52.6 Å². The van der Waals surface area contributed by atoms with E-state index in [0.717, 1.165) is 11.8 Å². The molecule has 0 aromatic heterocycles. The molecule has 0 aliphatic carbocycles. The third-order valence-electron chi connectivity index (χ3n) is 3.48. The van der Waals surface area contributed by atoms with Crippen LogP contribution in [0.3, 0.4) is 0 Å². The molecule has 1 aromatic rings. The van der Waals surface area contributed by atoms with E-state index in [-0.39, 0.29) is 9.60 Å². The summed E-state index contributed by atoms with van der Waals surface area (Å²) in [6.07, 6.45) is -0.173. The van der Waals surface area contributed by atoms with Crippen molar-refractivity contribution in [1.29, 1.82) is 0 Å². The molecular weight excluding hydrogens is 421 g/mol. The quantitative estimate of drug-likeness (QED) is 0.695. The molecule has 5 nitrogen and oxygen atoms in total. The molecule has 0 spiro atoms. The molecule has 148 valence electrons. The highest BCUT2D eigenvalue weighted by Gasteiger charge is 2.37. The Morgan fingerprint density at radius 1 is 1.26 bits per heavy atom. The number of aryl methyl sites for hydroxylation is 1. The Balaban J connectivity index is 0.000000208. The molecule has 27 heavy (non-hydrogen) atoms. The molecule has 1 unspecified atom stereocenters. The fourth-order valence-corrected chi connectivity index (χ4v) is 4.38. The third-order valence-corrected chi connectivity index (χ3v) is 6.58. The van der Waals surface area contributed by atoms with E-state index in [0.29, 0.717) is 10.7 Å². The molecule has 2 aliphatic heterocycles. The van der Waals surface area contributed by atoms with Crippen LogP contribution in [0.1, 0.15) is 5.56 Å². The van der Waals surface area contributed by atoms with Gasteiger partial charge in [-0.3, -0.25) is 4.55 Å². The number of rotatable bonds is 2. The molecule has 0 bridgehead atoms. The van der Waals surface area contributed by atoms with Crippen molar-refractivity contribution in [3.63, 3.8) is 0 Å². The fraction of sp³-hybridized carbons (Fsp3) is 0.312. The van der Waals surface area contributed by atoms with E-state index in [2.05, 4.69) is 4.99 Å². The summed E-state index contributed by atoms with van der Waals surface area (Å²) in [7, 11) is -2.44. The Morgan fingerprint density at radius 3 is 2.33 bits per heavy atom. The number of amidine groups is 1. The van der Waals surface area contributed by atoms with Crippen LogP contribution < -0.4 is 0 Å². The van der Waals surface area contributed by atoms with Gasteiger partial charge < -0.3 is 4.90 Å². The first-order valence-electron chi connectivity index (χ1n) is 7.47. The summed E-state index contributed by atoms with van der Waals surface area (Å²) in [5, 5.41) is 0. The predicted molar refractivity (Wildman–Crippen MR) is 103 cm³/mol. The summed E-state index contributed by atoms with van der Waals surface area (Å²) in [4.78, 5) is 6.27. The van der Waals surface area contributed by atoms with Gasteiger partial charge in [-0.15, -0.1) is 11.8 Å². The first kappa shape index (κ1) is 21.9. The summed E-state index contributed by atoms with van der Waals surface area (Å²) in [6.45, 7) is 1.84. The van der Waals surface area contributed by atoms with E-state index in [9.17, 15) is 21.6 Å². The molecule has 1 aromatic carbocycles. The third kappa shape index (κ3) is 5.77. The molecule has 0 fully saturated rings. The molecule has 0 radical (unpaired) electrons. The SMILES string of the molecule is CSC1N=C2C(=CC(C(F)(F)F)=CN2C)S1.Cc1ccc(S(=O)(=O)O)cc1. The van der Waals surface area contributed by atoms with Crippen LogP contribution in [0.4, 0.5) is 13.2 Å². The maximum absolute atomic E-state index is 12.6. The topological polar surface area (TPSA) is 70.0 Å². The summed E-state index contributed by atoms with van der Waals surface area (Å²) >= 11 is 2.87. The minimum atomic E-state index is -4.30. The van der Waals surface area contributed by atoms with Crippen LogP contribution in [0, 0.1) is 6.92 Å². The number of hydrogen-bond donors (Lipinski definition) is 1. The zero-order chi connectivity index (χ0) is 20.4. The monoisotopic (exact) mass is 438 g/mol. The molecule has 2 aliphatic rings. The lowest BCUT2D eigenvalue weighted by Gasteiger charge is -2.22. The maximum atomic E-state index is 12.6. The number of fused-ring (bicyclic) bond motifs is 1. The van der Waals surface area contributed by atoms with Gasteiger partial charge in [0, 0.05) is 13.2 Å². The second-order valence-corrected chi connectivity index (χ2v) is 9.36. The molecule has 1 atom stereocenters. The molecule has 11 heteroatoms. The van der Waals surface area contributed by atoms with E-state index >= 15 is 0 Å². The van der Waals surface area contributed by atoms with Gasteiger partial charge in [0.05, 0.1) is 15.4 Å². The molecule has 0 amide bonds. The van der Waals surface area contributed by atoms with Gasteiger partial charge >= 0.3 is 6.18 Å². The van der Waals surface area contributed by atoms with E-state index in [1.807, 2.05) is 13.2 Å². The standard InChI is InChI=1S/C9H9F3N2S2.C7H8O3S/c1-14-4-5(9(10,11)12)3-6-7(14)13-8(15-2)16-6;1-6-2-4-7(5-3-6)11(8,9)10/h3-4,8H,1-2H3;2-5H,1H3,(H,8,9,10). The molecule has 1 N–H and O–H groups in total. The minimum Gasteiger partial charge on any atom is -0.335 e. The molecule has 0 saturated carbocycles. The number of thioether (sulfide) groups is 2. The van der Waals surface area contributed by atoms with Gasteiger partial charge in [0.1, 0.15) is 10.5 Å². The van der Waals surface area contributed by atoms with Crippen LogP contribution in [0.5, 0.6) is 0 Å². The van der Waals surface area contributed by atoms with E-state index in [1.165, 1.54) is 46.6 Å². The lowest BCUT2D eigenvalue weighted by Crippen LogP contribution is -2.27. The zero-order valence-corrected chi connectivity index (χ0v) is 17.0. The second-order valence-electron chi connectivity index (χ2n) is 5.60. The normalized spacial score (nSPS) is 19.4. The number of nitrogens with zero attached hydrogens (tertiary/aromatic N) is 2. The summed E-state index contributed by atoms with van der Waals surface area (Å²) in [6, 6.07) is 5.99. The zero-order valence-electron chi connectivity index (χ0n) is 14.6. The van der Waals surface area contributed by atoms with Crippen LogP contribution in [-0.2, 0) is 10.1 Å². The van der Waals surface area contributed by atoms with Crippen molar-refractivity contribution < 1.29 is 26.1 Å². The number of allylic oxidation sites excluding steroid dienone is 2. The van der Waals surface area contributed by atoms with Crippen molar-refractivity contribution in [2.45, 2.75) is 22.7 Å². The van der Waals surface area contributed by atoms with E-state index < -0.39 is 21.9 Å². The first-order chi connectivity index (χ1) is 12.4. The fourth-order valence-electron chi connectivity index (χ4n) is 2.13. The van der Waals surface area contributed by atoms with Gasteiger partial charge in [0.25, 0.3) is 10.1 Å². The summed E-state index contributed by atoms with van der Waals surface area (Å²) in [5.74, 6) is 0.623. The largest absolute Gasteiger partial charge is 0.417 e. The van der Waals surface area contributed by atoms with Gasteiger partial charge in [-0.2, -0.15) is 21.6 Å². The molecule has 3 rings (SSSR count). The van der Waals surface area contributed by atoms with Crippen LogP contribution in [-0.4, -0.2) is 47.9 Å². The van der Waals surface area contributed by atoms with Crippen LogP contribution in [0.2, 0.25) is 0 Å². The lowest BCUT2D eigenvalue weighted by atomic mass is 10.2. The highest BCUT2D eigenvalue weighted by Crippen LogP contribution is 2.42. The Labute approximate surface area is 164 Å². The van der Waals surface area contributed by atoms with Gasteiger partial charge in [-0.25, -0.2) is 4.99 Å². The second kappa shape index (κ2) is 8.29. The minimum absolute atomic E-state index is 0.0373. The Hall–Kier alpha value is -1.43. The Kier molecular flexibility index (Phi) is 6.72. The van der Waals surface area contributed by atoms with Gasteiger partial charge in [-0.05, 0) is 31.4 Å². The molecular formula is C16H17F3N2O3S3. The number of alkyl halides is 3. The van der Waals surface area contributed by atoms with Crippen molar-refractivity contribution in [3.8, 4) is 0 Å². The first-order valence-corrected chi connectivity index (χ1v) is 11.1. The van der Waals surface area contributed by atoms with Crippen LogP contribution in [0.15, 0.2) is 56.9 Å². The number of aliphatic imine (C=N–C) groups is 1. The highest BCUT2D eigenvalue weighted by molar-refractivity contribution is 8.19. The van der Waals surface area contributed by atoms with Crippen LogP contribution in [0.25, 0.3) is 0 Å². The van der Waals surface area contributed by atoms with Crippen LogP contribution >= 0.6 is 23.5 Å². The van der Waals surface area contributed by atoms with E-state index in [4.69, 9.17) is 4.55 Å². The van der Waals surface area contributed by atoms with Crippen molar-refractivity contribution >= 4 is 39.5 Å². The number of hydrogen-bond acceptors (Lipinski definition) is 6. The number of halogens is 3.